The first-order valence-electron chi connectivity index (χ1n) is 4.08. The Morgan fingerprint density at radius 3 is 2.73 bits per heavy atom. The summed E-state index contributed by atoms with van der Waals surface area (Å²) in [7, 11) is 0. The minimum Gasteiger partial charge on any atom is -0.427 e. The largest absolute Gasteiger partial charge is 0.427 e. The van der Waals surface area contributed by atoms with Crippen molar-refractivity contribution in [3.63, 3.8) is 0 Å². The fourth-order valence-corrected chi connectivity index (χ4v) is 1.52. The monoisotopic (exact) mass is 228 g/mol. The molecule has 78 valence electrons. The molecule has 3 nitrogen and oxygen atoms in total. The van der Waals surface area contributed by atoms with E-state index in [1.807, 2.05) is 0 Å². The Bertz CT molecular complexity index is 487. The number of nitrogens with zero attached hydrogens (tertiary/aromatic N) is 2. The van der Waals surface area contributed by atoms with E-state index in [1.54, 1.807) is 6.92 Å². The summed E-state index contributed by atoms with van der Waals surface area (Å²) in [6.45, 7) is 1.70. The van der Waals surface area contributed by atoms with E-state index in [4.69, 9.17) is 4.74 Å². The van der Waals surface area contributed by atoms with Crippen LogP contribution < -0.4 is 4.74 Å². The molecule has 2 rings (SSSR count). The van der Waals surface area contributed by atoms with Gasteiger partial charge in [0.1, 0.15) is 11.6 Å². The third-order valence-electron chi connectivity index (χ3n) is 1.60. The molecule has 0 fully saturated rings. The highest BCUT2D eigenvalue weighted by atomic mass is 32.1. The Morgan fingerprint density at radius 2 is 2.13 bits per heavy atom. The lowest BCUT2D eigenvalue weighted by atomic mass is 10.3. The number of benzene rings is 1. The van der Waals surface area contributed by atoms with Gasteiger partial charge in [-0.3, -0.25) is 0 Å². The first kappa shape index (κ1) is 9.97. The number of aryl methyl sites for hydroxylation is 1. The third-order valence-corrected chi connectivity index (χ3v) is 2.29. The smallest absolute Gasteiger partial charge is 0.298 e. The van der Waals surface area contributed by atoms with Crippen LogP contribution in [-0.4, -0.2) is 9.36 Å². The normalized spacial score (nSPS) is 10.3. The van der Waals surface area contributed by atoms with Gasteiger partial charge in [-0.25, -0.2) is 8.78 Å². The maximum Gasteiger partial charge on any atom is 0.298 e. The third kappa shape index (κ3) is 2.27. The quantitative estimate of drug-likeness (QED) is 0.792. The van der Waals surface area contributed by atoms with E-state index in [-0.39, 0.29) is 10.9 Å². The fourth-order valence-electron chi connectivity index (χ4n) is 0.972. The maximum absolute atomic E-state index is 13.1. The van der Waals surface area contributed by atoms with Gasteiger partial charge in [-0.05, 0) is 19.1 Å². The molecule has 1 aromatic carbocycles. The molecule has 0 atom stereocenters. The second kappa shape index (κ2) is 3.90. The molecule has 0 saturated heterocycles. The van der Waals surface area contributed by atoms with Crippen molar-refractivity contribution in [1.82, 2.24) is 9.36 Å². The molecular weight excluding hydrogens is 222 g/mol. The number of hydrogen-bond acceptors (Lipinski definition) is 4. The molecule has 1 heterocycles. The van der Waals surface area contributed by atoms with Gasteiger partial charge in [-0.2, -0.15) is 9.36 Å². The second-order valence-corrected chi connectivity index (χ2v) is 3.50. The number of aromatic nitrogens is 2. The van der Waals surface area contributed by atoms with Crippen molar-refractivity contribution in [2.75, 3.05) is 0 Å². The van der Waals surface area contributed by atoms with Crippen LogP contribution in [0.15, 0.2) is 18.2 Å². The van der Waals surface area contributed by atoms with Crippen LogP contribution in [0.5, 0.6) is 10.9 Å². The van der Waals surface area contributed by atoms with Crippen molar-refractivity contribution in [1.29, 1.82) is 0 Å². The van der Waals surface area contributed by atoms with Gasteiger partial charge in [-0.15, -0.1) is 0 Å². The molecule has 0 N–H and O–H groups in total. The van der Waals surface area contributed by atoms with Crippen molar-refractivity contribution < 1.29 is 13.5 Å². The summed E-state index contributed by atoms with van der Waals surface area (Å²) in [4.78, 5) is 3.89. The minimum atomic E-state index is -0.761. The Labute approximate surface area is 88.5 Å². The van der Waals surface area contributed by atoms with Gasteiger partial charge in [0.25, 0.3) is 5.19 Å². The van der Waals surface area contributed by atoms with E-state index in [2.05, 4.69) is 9.36 Å². The predicted octanol–water partition coefficient (Wildman–Crippen LogP) is 2.92. The standard InChI is InChI=1S/C9H6F2N2OS/c1-5-12-9(15-13-5)14-8-3-2-6(10)4-7(8)11/h2-4H,1H3. The lowest BCUT2D eigenvalue weighted by molar-refractivity contribution is 0.434. The van der Waals surface area contributed by atoms with Crippen LogP contribution in [0.4, 0.5) is 8.78 Å². The molecular formula is C9H6F2N2OS. The fraction of sp³-hybridized carbons (Fsp3) is 0.111. The summed E-state index contributed by atoms with van der Waals surface area (Å²) in [6.07, 6.45) is 0. The Hall–Kier alpha value is -1.56. The van der Waals surface area contributed by atoms with Crippen molar-refractivity contribution >= 4 is 11.5 Å². The van der Waals surface area contributed by atoms with Crippen molar-refractivity contribution in [2.45, 2.75) is 6.92 Å². The lowest BCUT2D eigenvalue weighted by Gasteiger charge is -2.01. The zero-order chi connectivity index (χ0) is 10.8. The molecule has 0 saturated carbocycles. The first-order chi connectivity index (χ1) is 7.15. The molecule has 6 heteroatoms. The van der Waals surface area contributed by atoms with Crippen LogP contribution in [0.1, 0.15) is 5.82 Å². The Balaban J connectivity index is 2.24. The summed E-state index contributed by atoms with van der Waals surface area (Å²) in [5.74, 6) is -0.916. The number of ether oxygens (including phenoxy) is 1. The number of hydrogen-bond donors (Lipinski definition) is 0. The van der Waals surface area contributed by atoms with Gasteiger partial charge in [-0.1, -0.05) is 0 Å². The van der Waals surface area contributed by atoms with Gasteiger partial charge in [0.2, 0.25) is 0 Å². The second-order valence-electron chi connectivity index (χ2n) is 2.78. The van der Waals surface area contributed by atoms with E-state index in [1.165, 1.54) is 6.07 Å². The molecule has 15 heavy (non-hydrogen) atoms. The molecule has 0 aliphatic rings. The first-order valence-corrected chi connectivity index (χ1v) is 4.86. The highest BCUT2D eigenvalue weighted by Crippen LogP contribution is 2.25. The topological polar surface area (TPSA) is 35.0 Å². The minimum absolute atomic E-state index is 0.0625. The van der Waals surface area contributed by atoms with E-state index >= 15 is 0 Å². The van der Waals surface area contributed by atoms with E-state index in [0.717, 1.165) is 23.7 Å². The molecule has 0 unspecified atom stereocenters. The van der Waals surface area contributed by atoms with Crippen LogP contribution >= 0.6 is 11.5 Å². The van der Waals surface area contributed by atoms with Crippen molar-refractivity contribution in [3.8, 4) is 10.9 Å². The van der Waals surface area contributed by atoms with Gasteiger partial charge in [0.05, 0.1) is 0 Å². The molecule has 2 aromatic rings. The average molecular weight is 228 g/mol. The summed E-state index contributed by atoms with van der Waals surface area (Å²) in [6, 6.07) is 3.08. The van der Waals surface area contributed by atoms with E-state index in [9.17, 15) is 8.78 Å². The molecule has 0 aliphatic carbocycles. The van der Waals surface area contributed by atoms with E-state index in [0.29, 0.717) is 5.82 Å². The summed E-state index contributed by atoms with van der Waals surface area (Å²) < 4.78 is 34.7. The molecule has 0 radical (unpaired) electrons. The van der Waals surface area contributed by atoms with Crippen LogP contribution in [0, 0.1) is 18.6 Å². The number of halogens is 2. The van der Waals surface area contributed by atoms with Gasteiger partial charge in [0.15, 0.2) is 11.6 Å². The van der Waals surface area contributed by atoms with Gasteiger partial charge < -0.3 is 4.74 Å². The molecule has 0 bridgehead atoms. The van der Waals surface area contributed by atoms with Crippen LogP contribution in [0.2, 0.25) is 0 Å². The predicted molar refractivity (Wildman–Crippen MR) is 51.1 cm³/mol. The Morgan fingerprint density at radius 1 is 1.33 bits per heavy atom. The van der Waals surface area contributed by atoms with Gasteiger partial charge >= 0.3 is 0 Å². The van der Waals surface area contributed by atoms with Crippen LogP contribution in [0.3, 0.4) is 0 Å². The number of rotatable bonds is 2. The molecule has 1 aromatic heterocycles. The molecule has 0 spiro atoms. The van der Waals surface area contributed by atoms with Crippen molar-refractivity contribution in [3.05, 3.63) is 35.7 Å². The van der Waals surface area contributed by atoms with Gasteiger partial charge in [0, 0.05) is 17.6 Å². The maximum atomic E-state index is 13.1. The highest BCUT2D eigenvalue weighted by molar-refractivity contribution is 7.07. The van der Waals surface area contributed by atoms with Crippen LogP contribution in [-0.2, 0) is 0 Å². The zero-order valence-corrected chi connectivity index (χ0v) is 8.52. The average Bonchev–Trinajstić information content (AvgIpc) is 2.56. The van der Waals surface area contributed by atoms with E-state index < -0.39 is 11.6 Å². The highest BCUT2D eigenvalue weighted by Gasteiger charge is 2.08. The molecule has 0 aliphatic heterocycles. The lowest BCUT2D eigenvalue weighted by Crippen LogP contribution is -1.88. The Kier molecular flexibility index (Phi) is 2.59. The molecule has 0 amide bonds. The summed E-state index contributed by atoms with van der Waals surface area (Å²) >= 11 is 1.01. The van der Waals surface area contributed by atoms with Crippen LogP contribution in [0.25, 0.3) is 0 Å². The summed E-state index contributed by atoms with van der Waals surface area (Å²) in [5, 5.41) is 0.234. The summed E-state index contributed by atoms with van der Waals surface area (Å²) in [5.41, 5.74) is 0. The van der Waals surface area contributed by atoms with Crippen molar-refractivity contribution in [2.24, 2.45) is 0 Å². The zero-order valence-electron chi connectivity index (χ0n) is 7.70. The SMILES string of the molecule is Cc1nsc(Oc2ccc(F)cc2F)n1.